The van der Waals surface area contributed by atoms with Gasteiger partial charge in [-0.15, -0.1) is 0 Å². The van der Waals surface area contributed by atoms with Gasteiger partial charge in [-0.3, -0.25) is 0 Å². The van der Waals surface area contributed by atoms with Gasteiger partial charge in [-0.1, -0.05) is 72.8 Å². The first-order valence-electron chi connectivity index (χ1n) is 9.61. The SMILES string of the molecule is FC(F)(F)c1ccccc1Cc1c(-c2ccccc2)nc2c3ccccc3ccn12. The quantitative estimate of drug-likeness (QED) is 0.326. The van der Waals surface area contributed by atoms with Crippen LogP contribution in [0.25, 0.3) is 27.7 Å². The molecule has 5 rings (SSSR count). The number of rotatable bonds is 3. The molecule has 2 aromatic heterocycles. The molecule has 148 valence electrons. The molecular weight excluding hydrogens is 385 g/mol. The van der Waals surface area contributed by atoms with Crippen molar-refractivity contribution in [1.29, 1.82) is 0 Å². The maximum Gasteiger partial charge on any atom is 0.416 e. The second-order valence-electron chi connectivity index (χ2n) is 7.20. The van der Waals surface area contributed by atoms with Crippen LogP contribution in [0.4, 0.5) is 13.2 Å². The lowest BCUT2D eigenvalue weighted by Gasteiger charge is -2.13. The number of hydrogen-bond acceptors (Lipinski definition) is 1. The molecule has 0 bridgehead atoms. The van der Waals surface area contributed by atoms with Crippen LogP contribution in [0.1, 0.15) is 16.8 Å². The van der Waals surface area contributed by atoms with Gasteiger partial charge in [-0.2, -0.15) is 13.2 Å². The van der Waals surface area contributed by atoms with E-state index in [2.05, 4.69) is 0 Å². The molecule has 0 fully saturated rings. The second-order valence-corrected chi connectivity index (χ2v) is 7.20. The van der Waals surface area contributed by atoms with Crippen molar-refractivity contribution >= 4 is 16.4 Å². The fraction of sp³-hybridized carbons (Fsp3) is 0.0800. The van der Waals surface area contributed by atoms with Crippen LogP contribution in [-0.2, 0) is 12.6 Å². The Morgan fingerprint density at radius 3 is 2.27 bits per heavy atom. The number of hydrogen-bond donors (Lipinski definition) is 0. The van der Waals surface area contributed by atoms with E-state index in [0.29, 0.717) is 5.69 Å². The van der Waals surface area contributed by atoms with E-state index in [1.807, 2.05) is 71.3 Å². The smallest absolute Gasteiger partial charge is 0.303 e. The predicted molar refractivity (Wildman–Crippen MR) is 112 cm³/mol. The highest BCUT2D eigenvalue weighted by Gasteiger charge is 2.33. The largest absolute Gasteiger partial charge is 0.416 e. The van der Waals surface area contributed by atoms with Crippen LogP contribution in [0.2, 0.25) is 0 Å². The fourth-order valence-corrected chi connectivity index (χ4v) is 3.95. The third-order valence-electron chi connectivity index (χ3n) is 5.34. The van der Waals surface area contributed by atoms with E-state index >= 15 is 0 Å². The number of halogens is 3. The molecule has 0 atom stereocenters. The summed E-state index contributed by atoms with van der Waals surface area (Å²) in [5.74, 6) is 0. The normalized spacial score (nSPS) is 12.0. The first kappa shape index (κ1) is 18.4. The fourth-order valence-electron chi connectivity index (χ4n) is 3.95. The molecule has 0 amide bonds. The van der Waals surface area contributed by atoms with Crippen LogP contribution in [-0.4, -0.2) is 9.38 Å². The molecule has 2 heterocycles. The molecule has 0 spiro atoms. The lowest BCUT2D eigenvalue weighted by atomic mass is 9.99. The lowest BCUT2D eigenvalue weighted by molar-refractivity contribution is -0.138. The van der Waals surface area contributed by atoms with E-state index in [0.717, 1.165) is 33.7 Å². The zero-order valence-electron chi connectivity index (χ0n) is 15.9. The Kier molecular flexibility index (Phi) is 4.31. The van der Waals surface area contributed by atoms with Crippen molar-refractivity contribution in [2.45, 2.75) is 12.6 Å². The van der Waals surface area contributed by atoms with Gasteiger partial charge in [-0.05, 0) is 23.1 Å². The van der Waals surface area contributed by atoms with E-state index in [9.17, 15) is 13.2 Å². The zero-order valence-corrected chi connectivity index (χ0v) is 15.9. The summed E-state index contributed by atoms with van der Waals surface area (Å²) in [7, 11) is 0. The molecule has 30 heavy (non-hydrogen) atoms. The Bertz CT molecular complexity index is 1350. The molecule has 2 nitrogen and oxygen atoms in total. The molecule has 0 aliphatic rings. The summed E-state index contributed by atoms with van der Waals surface area (Å²) in [5, 5.41) is 2.00. The minimum absolute atomic E-state index is 0.124. The second kappa shape index (κ2) is 7.02. The van der Waals surface area contributed by atoms with Crippen molar-refractivity contribution in [2.75, 3.05) is 0 Å². The molecule has 0 aliphatic heterocycles. The highest BCUT2D eigenvalue weighted by atomic mass is 19.4. The summed E-state index contributed by atoms with van der Waals surface area (Å²) in [6, 6.07) is 25.2. The first-order valence-corrected chi connectivity index (χ1v) is 9.61. The Labute approximate surface area is 171 Å². The van der Waals surface area contributed by atoms with Crippen molar-refractivity contribution < 1.29 is 13.2 Å². The number of benzene rings is 3. The molecule has 0 unspecified atom stereocenters. The highest BCUT2D eigenvalue weighted by molar-refractivity contribution is 5.95. The van der Waals surface area contributed by atoms with E-state index < -0.39 is 11.7 Å². The van der Waals surface area contributed by atoms with Crippen molar-refractivity contribution in [2.24, 2.45) is 0 Å². The Balaban J connectivity index is 1.78. The Hall–Kier alpha value is -3.60. The molecular formula is C25H17F3N2. The lowest BCUT2D eigenvalue weighted by Crippen LogP contribution is -2.10. The van der Waals surface area contributed by atoms with Crippen molar-refractivity contribution in [1.82, 2.24) is 9.38 Å². The number of alkyl halides is 3. The molecule has 0 saturated heterocycles. The van der Waals surface area contributed by atoms with Gasteiger partial charge >= 0.3 is 6.18 Å². The number of fused-ring (bicyclic) bond motifs is 3. The maximum atomic E-state index is 13.6. The number of aromatic nitrogens is 2. The summed E-state index contributed by atoms with van der Waals surface area (Å²) < 4.78 is 42.7. The van der Waals surface area contributed by atoms with Crippen molar-refractivity contribution in [3.63, 3.8) is 0 Å². The minimum atomic E-state index is -4.41. The first-order chi connectivity index (χ1) is 14.5. The average Bonchev–Trinajstić information content (AvgIpc) is 3.13. The molecule has 0 saturated carbocycles. The van der Waals surface area contributed by atoms with E-state index in [-0.39, 0.29) is 12.0 Å². The zero-order chi connectivity index (χ0) is 20.7. The molecule has 0 radical (unpaired) electrons. The van der Waals surface area contributed by atoms with Crippen LogP contribution in [0.5, 0.6) is 0 Å². The van der Waals surface area contributed by atoms with E-state index in [1.165, 1.54) is 12.1 Å². The number of pyridine rings is 1. The van der Waals surface area contributed by atoms with Gasteiger partial charge in [-0.25, -0.2) is 4.98 Å². The summed E-state index contributed by atoms with van der Waals surface area (Å²) in [5.41, 5.74) is 2.68. The third-order valence-corrected chi connectivity index (χ3v) is 5.34. The van der Waals surface area contributed by atoms with E-state index in [1.54, 1.807) is 6.07 Å². The Morgan fingerprint density at radius 2 is 1.47 bits per heavy atom. The van der Waals surface area contributed by atoms with Gasteiger partial charge in [0.1, 0.15) is 5.65 Å². The standard InChI is InChI=1S/C25H17F3N2/c26-25(27,28)21-13-7-5-11-19(21)16-22-23(18-9-2-1-3-10-18)29-24-20-12-6-4-8-17(20)14-15-30(22)24/h1-15H,16H2. The van der Waals surface area contributed by atoms with Crippen molar-refractivity contribution in [3.8, 4) is 11.3 Å². The van der Waals surface area contributed by atoms with Crippen LogP contribution in [0.3, 0.4) is 0 Å². The van der Waals surface area contributed by atoms with Gasteiger partial charge in [0.2, 0.25) is 0 Å². The number of nitrogens with zero attached hydrogens (tertiary/aromatic N) is 2. The average molecular weight is 402 g/mol. The van der Waals surface area contributed by atoms with Gasteiger partial charge < -0.3 is 4.40 Å². The topological polar surface area (TPSA) is 17.3 Å². The van der Waals surface area contributed by atoms with E-state index in [4.69, 9.17) is 4.98 Å². The monoisotopic (exact) mass is 402 g/mol. The summed E-state index contributed by atoms with van der Waals surface area (Å²) in [6.07, 6.45) is -2.39. The maximum absolute atomic E-state index is 13.6. The van der Waals surface area contributed by atoms with Gasteiger partial charge in [0.05, 0.1) is 17.0 Å². The van der Waals surface area contributed by atoms with Crippen LogP contribution >= 0.6 is 0 Å². The van der Waals surface area contributed by atoms with Gasteiger partial charge in [0, 0.05) is 23.6 Å². The third kappa shape index (κ3) is 3.12. The molecule has 0 aliphatic carbocycles. The Morgan fingerprint density at radius 1 is 0.767 bits per heavy atom. The predicted octanol–water partition coefficient (Wildman–Crippen LogP) is 6.76. The summed E-state index contributed by atoms with van der Waals surface area (Å²) >= 11 is 0. The van der Waals surface area contributed by atoms with Gasteiger partial charge in [0.15, 0.2) is 0 Å². The molecule has 0 N–H and O–H groups in total. The molecule has 5 heteroatoms. The van der Waals surface area contributed by atoms with Crippen LogP contribution < -0.4 is 0 Å². The summed E-state index contributed by atoms with van der Waals surface area (Å²) in [6.45, 7) is 0. The van der Waals surface area contributed by atoms with Crippen LogP contribution in [0, 0.1) is 0 Å². The molecule has 5 aromatic rings. The van der Waals surface area contributed by atoms with Gasteiger partial charge in [0.25, 0.3) is 0 Å². The highest BCUT2D eigenvalue weighted by Crippen LogP contribution is 2.35. The summed E-state index contributed by atoms with van der Waals surface area (Å²) in [4.78, 5) is 4.88. The minimum Gasteiger partial charge on any atom is -0.303 e. The molecule has 3 aromatic carbocycles. The van der Waals surface area contributed by atoms with Crippen LogP contribution in [0.15, 0.2) is 91.1 Å². The number of imidazole rings is 1. The van der Waals surface area contributed by atoms with Crippen molar-refractivity contribution in [3.05, 3.63) is 108 Å².